The Bertz CT molecular complexity index is 1270. The molecule has 0 aliphatic carbocycles. The SMILES string of the molecule is O[C@H]1[C@H]2SC[C@]1(COCc1ccccc1)O[C@H]2n1cnc2c(NCc3ccccc3)ncnc21. The van der Waals surface area contributed by atoms with Gasteiger partial charge in [0.05, 0.1) is 24.8 Å². The Labute approximate surface area is 201 Å². The zero-order valence-corrected chi connectivity index (χ0v) is 19.3. The summed E-state index contributed by atoms with van der Waals surface area (Å²) in [7, 11) is 0. The van der Waals surface area contributed by atoms with Crippen LogP contribution in [-0.2, 0) is 22.6 Å². The summed E-state index contributed by atoms with van der Waals surface area (Å²) in [6.45, 7) is 1.45. The van der Waals surface area contributed by atoms with Crippen LogP contribution < -0.4 is 5.32 Å². The molecule has 0 saturated carbocycles. The molecule has 4 aromatic rings. The number of aliphatic hydroxyl groups excluding tert-OH is 1. The number of rotatable bonds is 8. The van der Waals surface area contributed by atoms with Crippen LogP contribution >= 0.6 is 11.8 Å². The largest absolute Gasteiger partial charge is 0.389 e. The normalized spacial score (nSPS) is 25.7. The van der Waals surface area contributed by atoms with Crippen LogP contribution in [0.4, 0.5) is 5.82 Å². The molecule has 0 radical (unpaired) electrons. The van der Waals surface area contributed by atoms with Gasteiger partial charge in [0.25, 0.3) is 0 Å². The molecule has 2 fully saturated rings. The quantitative estimate of drug-likeness (QED) is 0.401. The molecular formula is C25H25N5O3S. The summed E-state index contributed by atoms with van der Waals surface area (Å²) < 4.78 is 14.4. The van der Waals surface area contributed by atoms with Crippen LogP contribution in [0, 0.1) is 0 Å². The van der Waals surface area contributed by atoms with Crippen molar-refractivity contribution in [3.63, 3.8) is 0 Å². The predicted molar refractivity (Wildman–Crippen MR) is 130 cm³/mol. The molecule has 0 spiro atoms. The third-order valence-corrected chi connectivity index (χ3v) is 7.93. The molecule has 8 nitrogen and oxygen atoms in total. The second-order valence-electron chi connectivity index (χ2n) is 8.66. The fraction of sp³-hybridized carbons (Fsp3) is 0.320. The molecule has 2 saturated heterocycles. The third-order valence-electron chi connectivity index (χ3n) is 6.40. The highest BCUT2D eigenvalue weighted by Gasteiger charge is 2.61. The number of imidazole rings is 1. The topological polar surface area (TPSA) is 94.3 Å². The molecule has 0 amide bonds. The lowest BCUT2D eigenvalue weighted by molar-refractivity contribution is -0.129. The van der Waals surface area contributed by atoms with Crippen LogP contribution in [0.2, 0.25) is 0 Å². The Morgan fingerprint density at radius 2 is 1.82 bits per heavy atom. The molecule has 174 valence electrons. The van der Waals surface area contributed by atoms with Gasteiger partial charge in [-0.1, -0.05) is 60.7 Å². The molecule has 4 heterocycles. The highest BCUT2D eigenvalue weighted by atomic mass is 32.2. The van der Waals surface area contributed by atoms with Crippen molar-refractivity contribution in [2.24, 2.45) is 0 Å². The highest BCUT2D eigenvalue weighted by Crippen LogP contribution is 2.52. The summed E-state index contributed by atoms with van der Waals surface area (Å²) in [5.74, 6) is 1.36. The molecule has 4 atom stereocenters. The number of ether oxygens (including phenoxy) is 2. The van der Waals surface area contributed by atoms with Crippen molar-refractivity contribution >= 4 is 28.7 Å². The van der Waals surface area contributed by atoms with E-state index in [0.717, 1.165) is 11.1 Å². The van der Waals surface area contributed by atoms with E-state index in [1.165, 1.54) is 6.33 Å². The van der Waals surface area contributed by atoms with Gasteiger partial charge in [0.1, 0.15) is 18.0 Å². The molecule has 6 rings (SSSR count). The van der Waals surface area contributed by atoms with E-state index < -0.39 is 11.7 Å². The number of fused-ring (bicyclic) bond motifs is 3. The van der Waals surface area contributed by atoms with Crippen LogP contribution in [0.15, 0.2) is 73.3 Å². The summed E-state index contributed by atoms with van der Waals surface area (Å²) in [4.78, 5) is 13.5. The Morgan fingerprint density at radius 1 is 1.06 bits per heavy atom. The minimum Gasteiger partial charge on any atom is -0.389 e. The number of anilines is 1. The maximum absolute atomic E-state index is 11.1. The van der Waals surface area contributed by atoms with Gasteiger partial charge in [-0.15, -0.1) is 11.8 Å². The van der Waals surface area contributed by atoms with Gasteiger partial charge >= 0.3 is 0 Å². The minimum atomic E-state index is -0.743. The lowest BCUT2D eigenvalue weighted by Gasteiger charge is -2.31. The Balaban J connectivity index is 1.19. The van der Waals surface area contributed by atoms with E-state index in [2.05, 4.69) is 32.4 Å². The smallest absolute Gasteiger partial charge is 0.167 e. The lowest BCUT2D eigenvalue weighted by Crippen LogP contribution is -2.44. The fourth-order valence-corrected chi connectivity index (χ4v) is 6.18. The van der Waals surface area contributed by atoms with Crippen molar-refractivity contribution in [1.82, 2.24) is 19.5 Å². The molecule has 0 unspecified atom stereocenters. The average molecular weight is 476 g/mol. The third kappa shape index (κ3) is 3.84. The number of thioether (sulfide) groups is 1. The number of nitrogens with one attached hydrogen (secondary N) is 1. The van der Waals surface area contributed by atoms with Crippen LogP contribution in [0.5, 0.6) is 0 Å². The first kappa shape index (κ1) is 21.5. The van der Waals surface area contributed by atoms with Crippen LogP contribution in [0.3, 0.4) is 0 Å². The van der Waals surface area contributed by atoms with Gasteiger partial charge in [-0.25, -0.2) is 15.0 Å². The maximum atomic E-state index is 11.1. The zero-order valence-electron chi connectivity index (χ0n) is 18.4. The van der Waals surface area contributed by atoms with Crippen LogP contribution in [0.25, 0.3) is 11.2 Å². The number of hydrogen-bond donors (Lipinski definition) is 2. The maximum Gasteiger partial charge on any atom is 0.167 e. The van der Waals surface area contributed by atoms with E-state index in [-0.39, 0.29) is 11.5 Å². The monoisotopic (exact) mass is 475 g/mol. The summed E-state index contributed by atoms with van der Waals surface area (Å²) in [5, 5.41) is 14.3. The molecule has 2 aliphatic heterocycles. The second-order valence-corrected chi connectivity index (χ2v) is 9.82. The van der Waals surface area contributed by atoms with E-state index in [9.17, 15) is 5.11 Å². The van der Waals surface area contributed by atoms with Gasteiger partial charge in [0.2, 0.25) is 0 Å². The van der Waals surface area contributed by atoms with Crippen molar-refractivity contribution in [2.75, 3.05) is 17.7 Å². The van der Waals surface area contributed by atoms with Crippen molar-refractivity contribution in [3.8, 4) is 0 Å². The molecule has 2 aliphatic rings. The van der Waals surface area contributed by atoms with Gasteiger partial charge in [-0.2, -0.15) is 0 Å². The Hall–Kier alpha value is -2.98. The second kappa shape index (κ2) is 8.99. The predicted octanol–water partition coefficient (Wildman–Crippen LogP) is 3.40. The summed E-state index contributed by atoms with van der Waals surface area (Å²) in [6.07, 6.45) is 2.25. The number of hydrogen-bond acceptors (Lipinski definition) is 8. The van der Waals surface area contributed by atoms with Crippen molar-refractivity contribution < 1.29 is 14.6 Å². The number of aliphatic hydroxyl groups is 1. The number of benzene rings is 2. The van der Waals surface area contributed by atoms with Crippen LogP contribution in [-0.4, -0.2) is 53.9 Å². The van der Waals surface area contributed by atoms with Crippen molar-refractivity contribution in [2.45, 2.75) is 36.3 Å². The minimum absolute atomic E-state index is 0.117. The molecule has 9 heteroatoms. The highest BCUT2D eigenvalue weighted by molar-refractivity contribution is 8.00. The summed E-state index contributed by atoms with van der Waals surface area (Å²) in [6, 6.07) is 20.2. The van der Waals surface area contributed by atoms with Crippen LogP contribution in [0.1, 0.15) is 17.4 Å². The number of nitrogens with zero attached hydrogens (tertiary/aromatic N) is 4. The fourth-order valence-electron chi connectivity index (χ4n) is 4.60. The van der Waals surface area contributed by atoms with E-state index in [4.69, 9.17) is 9.47 Å². The first-order valence-corrected chi connectivity index (χ1v) is 12.3. The van der Waals surface area contributed by atoms with Gasteiger partial charge in [0.15, 0.2) is 23.2 Å². The van der Waals surface area contributed by atoms with E-state index in [1.807, 2.05) is 53.1 Å². The lowest BCUT2D eigenvalue weighted by atomic mass is 10.0. The molecule has 34 heavy (non-hydrogen) atoms. The molecule has 2 aromatic carbocycles. The molecular weight excluding hydrogens is 450 g/mol. The van der Waals surface area contributed by atoms with Gasteiger partial charge < -0.3 is 19.9 Å². The van der Waals surface area contributed by atoms with Gasteiger partial charge in [0, 0.05) is 12.3 Å². The van der Waals surface area contributed by atoms with Gasteiger partial charge in [-0.05, 0) is 11.1 Å². The number of aromatic nitrogens is 4. The van der Waals surface area contributed by atoms with E-state index in [1.54, 1.807) is 18.1 Å². The summed E-state index contributed by atoms with van der Waals surface area (Å²) >= 11 is 1.71. The van der Waals surface area contributed by atoms with Crippen molar-refractivity contribution in [1.29, 1.82) is 0 Å². The van der Waals surface area contributed by atoms with E-state index >= 15 is 0 Å². The first-order valence-electron chi connectivity index (χ1n) is 11.3. The Morgan fingerprint density at radius 3 is 2.62 bits per heavy atom. The zero-order chi connectivity index (χ0) is 23.0. The average Bonchev–Trinajstić information content (AvgIpc) is 3.53. The first-order chi connectivity index (χ1) is 16.7. The molecule has 2 N–H and O–H groups in total. The Kier molecular flexibility index (Phi) is 5.70. The van der Waals surface area contributed by atoms with Crippen molar-refractivity contribution in [3.05, 3.63) is 84.4 Å². The summed E-state index contributed by atoms with van der Waals surface area (Å²) in [5.41, 5.74) is 2.86. The molecule has 2 bridgehead atoms. The van der Waals surface area contributed by atoms with Gasteiger partial charge in [-0.3, -0.25) is 4.57 Å². The molecule has 2 aromatic heterocycles. The van der Waals surface area contributed by atoms with E-state index in [0.29, 0.717) is 42.5 Å². The standard InChI is InChI=1S/C25H25N5O3S/c31-21-20-24(33-25(21,14-34-20)13-32-12-18-9-5-2-6-10-18)30-16-29-19-22(27-15-28-23(19)30)26-11-17-7-3-1-4-8-17/h1-10,15-16,20-21,24,31H,11-14H2,(H,26,27,28)/t20-,21+,24-,25+/m1/s1.